The molecule has 1 aliphatic carbocycles. The van der Waals surface area contributed by atoms with Crippen LogP contribution in [0.1, 0.15) is 30.2 Å². The lowest BCUT2D eigenvalue weighted by Crippen LogP contribution is -2.46. The number of aromatic nitrogens is 2. The fourth-order valence-electron chi connectivity index (χ4n) is 2.78. The van der Waals surface area contributed by atoms with Gasteiger partial charge in [-0.2, -0.15) is 5.10 Å². The third-order valence-corrected chi connectivity index (χ3v) is 3.85. The minimum Gasteiger partial charge on any atom is -0.353 e. The van der Waals surface area contributed by atoms with Crippen molar-refractivity contribution in [2.45, 2.75) is 38.6 Å². The maximum Gasteiger partial charge on any atom is 0.207 e. The molecule has 1 unspecified atom stereocenters. The van der Waals surface area contributed by atoms with Crippen molar-refractivity contribution in [3.63, 3.8) is 0 Å². The number of nitrogens with zero attached hydrogens (tertiary/aromatic N) is 2. The summed E-state index contributed by atoms with van der Waals surface area (Å²) in [5.41, 5.74) is 4.68. The molecule has 1 amide bonds. The molecule has 0 spiro atoms. The Labute approximate surface area is 106 Å². The van der Waals surface area contributed by atoms with E-state index in [0.717, 1.165) is 31.2 Å². The molecule has 2 aromatic rings. The van der Waals surface area contributed by atoms with Gasteiger partial charge in [-0.05, 0) is 44.7 Å². The molecule has 4 heteroatoms. The summed E-state index contributed by atoms with van der Waals surface area (Å²) >= 11 is 0. The van der Waals surface area contributed by atoms with E-state index in [1.54, 1.807) is 0 Å². The summed E-state index contributed by atoms with van der Waals surface area (Å²) in [5.74, 6) is 0. The standard InChI is InChI=1S/C14H17N3O/c1-10-3-4-13-11-7-14(2,15-9-18)6-5-12(11)16-17(13)8-10/h3-4,8-9H,5-7H2,1-2H3,(H,15,18). The molecule has 0 bridgehead atoms. The van der Waals surface area contributed by atoms with E-state index >= 15 is 0 Å². The van der Waals surface area contributed by atoms with Gasteiger partial charge in [0.25, 0.3) is 0 Å². The Balaban J connectivity index is 2.09. The van der Waals surface area contributed by atoms with Gasteiger partial charge in [0.1, 0.15) is 0 Å². The van der Waals surface area contributed by atoms with Crippen LogP contribution in [0.2, 0.25) is 0 Å². The van der Waals surface area contributed by atoms with E-state index in [9.17, 15) is 4.79 Å². The van der Waals surface area contributed by atoms with Gasteiger partial charge in [0.15, 0.2) is 0 Å². The number of rotatable bonds is 2. The highest BCUT2D eigenvalue weighted by Crippen LogP contribution is 2.30. The van der Waals surface area contributed by atoms with Crippen molar-refractivity contribution in [3.8, 4) is 0 Å². The van der Waals surface area contributed by atoms with Crippen molar-refractivity contribution in [2.24, 2.45) is 0 Å². The fraction of sp³-hybridized carbons (Fsp3) is 0.429. The predicted molar refractivity (Wildman–Crippen MR) is 69.6 cm³/mol. The van der Waals surface area contributed by atoms with Crippen molar-refractivity contribution in [1.29, 1.82) is 0 Å². The highest BCUT2D eigenvalue weighted by atomic mass is 16.1. The van der Waals surface area contributed by atoms with Crippen LogP contribution in [0.15, 0.2) is 18.3 Å². The first-order chi connectivity index (χ1) is 8.61. The van der Waals surface area contributed by atoms with Crippen LogP contribution in [0, 0.1) is 6.92 Å². The highest BCUT2D eigenvalue weighted by molar-refractivity contribution is 5.59. The molecule has 4 nitrogen and oxygen atoms in total. The van der Waals surface area contributed by atoms with E-state index in [0.29, 0.717) is 0 Å². The van der Waals surface area contributed by atoms with Crippen LogP contribution in [-0.2, 0) is 17.6 Å². The smallest absolute Gasteiger partial charge is 0.207 e. The zero-order chi connectivity index (χ0) is 12.8. The minimum atomic E-state index is -0.136. The number of carbonyl (C=O) groups excluding carboxylic acids is 1. The first-order valence-electron chi connectivity index (χ1n) is 6.29. The van der Waals surface area contributed by atoms with Crippen LogP contribution in [-0.4, -0.2) is 21.6 Å². The van der Waals surface area contributed by atoms with E-state index in [2.05, 4.69) is 42.6 Å². The number of carbonyl (C=O) groups is 1. The Bertz CT molecular complexity index is 617. The van der Waals surface area contributed by atoms with Crippen molar-refractivity contribution < 1.29 is 4.79 Å². The molecule has 2 heterocycles. The number of nitrogens with one attached hydrogen (secondary N) is 1. The molecule has 94 valence electrons. The number of aryl methyl sites for hydroxylation is 2. The first-order valence-corrected chi connectivity index (χ1v) is 6.29. The highest BCUT2D eigenvalue weighted by Gasteiger charge is 2.32. The van der Waals surface area contributed by atoms with Crippen LogP contribution in [0.3, 0.4) is 0 Å². The lowest BCUT2D eigenvalue weighted by atomic mass is 9.81. The van der Waals surface area contributed by atoms with E-state index in [4.69, 9.17) is 0 Å². The molecule has 0 aromatic carbocycles. The van der Waals surface area contributed by atoms with Gasteiger partial charge in [-0.1, -0.05) is 6.07 Å². The summed E-state index contributed by atoms with van der Waals surface area (Å²) in [5, 5.41) is 7.59. The van der Waals surface area contributed by atoms with Crippen LogP contribution in [0.25, 0.3) is 5.52 Å². The van der Waals surface area contributed by atoms with Gasteiger partial charge in [0.05, 0.1) is 11.2 Å². The van der Waals surface area contributed by atoms with Gasteiger partial charge >= 0.3 is 0 Å². The molecule has 0 saturated heterocycles. The van der Waals surface area contributed by atoms with Gasteiger partial charge in [0.2, 0.25) is 6.41 Å². The summed E-state index contributed by atoms with van der Waals surface area (Å²) in [6.45, 7) is 4.17. The topological polar surface area (TPSA) is 46.4 Å². The zero-order valence-corrected chi connectivity index (χ0v) is 10.7. The molecule has 18 heavy (non-hydrogen) atoms. The van der Waals surface area contributed by atoms with Gasteiger partial charge < -0.3 is 5.32 Å². The van der Waals surface area contributed by atoms with Crippen LogP contribution >= 0.6 is 0 Å². The van der Waals surface area contributed by atoms with Gasteiger partial charge in [-0.25, -0.2) is 4.52 Å². The second kappa shape index (κ2) is 3.83. The maximum absolute atomic E-state index is 10.7. The molecule has 1 N–H and O–H groups in total. The molecular formula is C14H17N3O. The Kier molecular flexibility index (Phi) is 2.40. The minimum absolute atomic E-state index is 0.136. The quantitative estimate of drug-likeness (QED) is 0.815. The average Bonchev–Trinajstić information content (AvgIpc) is 2.65. The summed E-state index contributed by atoms with van der Waals surface area (Å²) in [7, 11) is 0. The SMILES string of the molecule is Cc1ccc2c3c(nn2c1)CCC(C)(NC=O)C3. The normalized spacial score (nSPS) is 22.8. The van der Waals surface area contributed by atoms with E-state index in [1.165, 1.54) is 16.8 Å². The second-order valence-corrected chi connectivity index (χ2v) is 5.46. The summed E-state index contributed by atoms with van der Waals surface area (Å²) in [4.78, 5) is 10.7. The molecule has 1 aliphatic rings. The van der Waals surface area contributed by atoms with E-state index in [1.807, 2.05) is 4.52 Å². The molecule has 1 atom stereocenters. The van der Waals surface area contributed by atoms with Gasteiger partial charge in [-0.3, -0.25) is 4.79 Å². The monoisotopic (exact) mass is 243 g/mol. The van der Waals surface area contributed by atoms with Crippen molar-refractivity contribution in [2.75, 3.05) is 0 Å². The molecule has 0 saturated carbocycles. The van der Waals surface area contributed by atoms with Gasteiger partial charge in [-0.15, -0.1) is 0 Å². The largest absolute Gasteiger partial charge is 0.353 e. The van der Waals surface area contributed by atoms with Crippen molar-refractivity contribution >= 4 is 11.9 Å². The molecule has 3 rings (SSSR count). The third-order valence-electron chi connectivity index (χ3n) is 3.85. The fourth-order valence-corrected chi connectivity index (χ4v) is 2.78. The lowest BCUT2D eigenvalue weighted by molar-refractivity contribution is -0.111. The Morgan fingerprint density at radius 3 is 3.11 bits per heavy atom. The molecule has 0 radical (unpaired) electrons. The summed E-state index contributed by atoms with van der Waals surface area (Å²) in [6.07, 6.45) is 5.58. The average molecular weight is 243 g/mol. The van der Waals surface area contributed by atoms with Crippen LogP contribution in [0.5, 0.6) is 0 Å². The second-order valence-electron chi connectivity index (χ2n) is 5.46. The number of hydrogen-bond donors (Lipinski definition) is 1. The van der Waals surface area contributed by atoms with Crippen LogP contribution < -0.4 is 5.32 Å². The summed E-state index contributed by atoms with van der Waals surface area (Å²) < 4.78 is 1.96. The lowest BCUT2D eigenvalue weighted by Gasteiger charge is -2.32. The third kappa shape index (κ3) is 1.68. The Hall–Kier alpha value is -1.84. The van der Waals surface area contributed by atoms with Crippen LogP contribution in [0.4, 0.5) is 0 Å². The first kappa shape index (κ1) is 11.3. The van der Waals surface area contributed by atoms with Crippen molar-refractivity contribution in [3.05, 3.63) is 35.2 Å². The van der Waals surface area contributed by atoms with E-state index in [-0.39, 0.29) is 5.54 Å². The number of fused-ring (bicyclic) bond motifs is 3. The molecule has 0 fully saturated rings. The zero-order valence-electron chi connectivity index (χ0n) is 10.7. The Morgan fingerprint density at radius 2 is 2.33 bits per heavy atom. The Morgan fingerprint density at radius 1 is 1.50 bits per heavy atom. The van der Waals surface area contributed by atoms with E-state index < -0.39 is 0 Å². The van der Waals surface area contributed by atoms with Gasteiger partial charge in [0, 0.05) is 17.3 Å². The molecule has 0 aliphatic heterocycles. The number of pyridine rings is 1. The summed E-state index contributed by atoms with van der Waals surface area (Å²) in [6, 6.07) is 4.23. The number of amides is 1. The van der Waals surface area contributed by atoms with Crippen molar-refractivity contribution in [1.82, 2.24) is 14.9 Å². The predicted octanol–water partition coefficient (Wildman–Crippen LogP) is 1.64. The molecule has 2 aromatic heterocycles. The maximum atomic E-state index is 10.7. The number of hydrogen-bond acceptors (Lipinski definition) is 2. The molecular weight excluding hydrogens is 226 g/mol.